The molecule has 8 heteroatoms. The molecule has 0 aliphatic heterocycles. The number of anilines is 2. The van der Waals surface area contributed by atoms with Crippen LogP contribution in [-0.2, 0) is 0 Å². The lowest BCUT2D eigenvalue weighted by molar-refractivity contribution is -0.120. The van der Waals surface area contributed by atoms with Crippen molar-refractivity contribution in [2.45, 2.75) is 26.1 Å². The lowest BCUT2D eigenvalue weighted by atomic mass is 10.3. The molecule has 0 aliphatic rings. The average molecular weight is 269 g/mol. The predicted octanol–water partition coefficient (Wildman–Crippen LogP) is 2.72. The quantitative estimate of drug-likeness (QED) is 0.858. The molecule has 0 aliphatic carbocycles. The molecule has 0 amide bonds. The van der Waals surface area contributed by atoms with Crippen molar-refractivity contribution in [1.82, 2.24) is 4.98 Å². The van der Waals surface area contributed by atoms with Gasteiger partial charge in [-0.3, -0.25) is 0 Å². The monoisotopic (exact) mass is 269 g/mol. The van der Waals surface area contributed by atoms with Gasteiger partial charge in [0, 0.05) is 12.1 Å². The maximum absolute atomic E-state index is 13.4. The Morgan fingerprint density at radius 1 is 1.28 bits per heavy atom. The molecule has 0 radical (unpaired) electrons. The molecule has 3 nitrogen and oxygen atoms in total. The van der Waals surface area contributed by atoms with Crippen LogP contribution in [0, 0.1) is 11.6 Å². The molecule has 1 aromatic heterocycles. The van der Waals surface area contributed by atoms with Crippen molar-refractivity contribution in [3.05, 3.63) is 17.7 Å². The fraction of sp³-hybridized carbons (Fsp3) is 0.500. The number of pyridine rings is 1. The van der Waals surface area contributed by atoms with E-state index in [9.17, 15) is 22.0 Å². The minimum absolute atomic E-state index is 0.420. The van der Waals surface area contributed by atoms with E-state index in [0.29, 0.717) is 11.0 Å². The van der Waals surface area contributed by atoms with Gasteiger partial charge in [0.2, 0.25) is 0 Å². The lowest BCUT2D eigenvalue weighted by Crippen LogP contribution is -2.40. The third kappa shape index (κ3) is 3.44. The molecular weight excluding hydrogens is 257 g/mol. The van der Waals surface area contributed by atoms with Crippen molar-refractivity contribution >= 4 is 11.6 Å². The molecule has 1 aromatic rings. The van der Waals surface area contributed by atoms with Crippen LogP contribution in [0.5, 0.6) is 0 Å². The lowest BCUT2D eigenvalue weighted by Gasteiger charge is -2.29. The fourth-order valence-electron chi connectivity index (χ4n) is 1.37. The van der Waals surface area contributed by atoms with Gasteiger partial charge >= 0.3 is 6.18 Å². The number of nitrogens with zero attached hydrogens (tertiary/aromatic N) is 2. The van der Waals surface area contributed by atoms with E-state index >= 15 is 0 Å². The molecule has 0 bridgehead atoms. The van der Waals surface area contributed by atoms with E-state index in [2.05, 4.69) is 4.98 Å². The zero-order chi connectivity index (χ0) is 14.1. The summed E-state index contributed by atoms with van der Waals surface area (Å²) in [5.41, 5.74) is 5.13. The van der Waals surface area contributed by atoms with E-state index in [0.717, 1.165) is 0 Å². The van der Waals surface area contributed by atoms with Crippen LogP contribution in [0.2, 0.25) is 0 Å². The van der Waals surface area contributed by atoms with Crippen LogP contribution in [0.25, 0.3) is 0 Å². The second kappa shape index (κ2) is 4.95. The highest BCUT2D eigenvalue weighted by atomic mass is 19.4. The van der Waals surface area contributed by atoms with Crippen molar-refractivity contribution in [3.63, 3.8) is 0 Å². The Hall–Kier alpha value is -1.60. The molecule has 0 spiro atoms. The van der Waals surface area contributed by atoms with Gasteiger partial charge in [0.1, 0.15) is 6.54 Å². The molecule has 1 rings (SSSR count). The second-order valence-corrected chi connectivity index (χ2v) is 4.00. The van der Waals surface area contributed by atoms with Gasteiger partial charge in [-0.15, -0.1) is 0 Å². The second-order valence-electron chi connectivity index (χ2n) is 4.00. The Labute approximate surface area is 100 Å². The molecule has 0 saturated heterocycles. The Kier molecular flexibility index (Phi) is 3.98. The smallest absolute Gasteiger partial charge is 0.381 e. The van der Waals surface area contributed by atoms with E-state index in [1.54, 1.807) is 0 Å². The highest BCUT2D eigenvalue weighted by molar-refractivity contribution is 5.47. The van der Waals surface area contributed by atoms with Crippen LogP contribution < -0.4 is 10.6 Å². The molecule has 18 heavy (non-hydrogen) atoms. The maximum atomic E-state index is 13.4. The Morgan fingerprint density at radius 3 is 2.28 bits per heavy atom. The van der Waals surface area contributed by atoms with E-state index in [1.807, 2.05) is 0 Å². The summed E-state index contributed by atoms with van der Waals surface area (Å²) < 4.78 is 63.4. The third-order valence-electron chi connectivity index (χ3n) is 2.18. The summed E-state index contributed by atoms with van der Waals surface area (Å²) in [6.07, 6.45) is -4.53. The minimum Gasteiger partial charge on any atom is -0.381 e. The van der Waals surface area contributed by atoms with E-state index in [-0.39, 0.29) is 0 Å². The molecular formula is C10H12F5N3. The highest BCUT2D eigenvalue weighted by Gasteiger charge is 2.34. The van der Waals surface area contributed by atoms with Gasteiger partial charge in [-0.05, 0) is 13.8 Å². The van der Waals surface area contributed by atoms with Crippen molar-refractivity contribution in [2.75, 3.05) is 17.2 Å². The number of rotatable bonds is 3. The number of halogens is 5. The first-order chi connectivity index (χ1) is 8.11. The van der Waals surface area contributed by atoms with E-state index in [1.165, 1.54) is 13.8 Å². The number of hydrogen-bond acceptors (Lipinski definition) is 3. The zero-order valence-electron chi connectivity index (χ0n) is 9.72. The molecule has 0 aromatic carbocycles. The topological polar surface area (TPSA) is 42.2 Å². The van der Waals surface area contributed by atoms with Gasteiger partial charge in [0.15, 0.2) is 23.3 Å². The number of nitrogens with two attached hydrogens (primary N) is 1. The van der Waals surface area contributed by atoms with Crippen LogP contribution in [0.4, 0.5) is 33.6 Å². The normalized spacial score (nSPS) is 12.0. The van der Waals surface area contributed by atoms with Crippen LogP contribution in [-0.4, -0.2) is 23.7 Å². The van der Waals surface area contributed by atoms with Crippen LogP contribution in [0.1, 0.15) is 13.8 Å². The highest BCUT2D eigenvalue weighted by Crippen LogP contribution is 2.26. The molecule has 0 saturated carbocycles. The number of aromatic nitrogens is 1. The number of nitrogen functional groups attached to an aromatic ring is 1. The first-order valence-electron chi connectivity index (χ1n) is 5.06. The summed E-state index contributed by atoms with van der Waals surface area (Å²) in [6, 6.07) is -0.248. The van der Waals surface area contributed by atoms with Gasteiger partial charge in [-0.1, -0.05) is 0 Å². The van der Waals surface area contributed by atoms with Gasteiger partial charge in [0.05, 0.1) is 0 Å². The number of alkyl halides is 3. The Balaban J connectivity index is 3.18. The number of hydrogen-bond donors (Lipinski definition) is 1. The van der Waals surface area contributed by atoms with Gasteiger partial charge in [-0.2, -0.15) is 13.2 Å². The Bertz CT molecular complexity index is 430. The maximum Gasteiger partial charge on any atom is 0.405 e. The first kappa shape index (κ1) is 14.5. The molecule has 0 fully saturated rings. The summed E-state index contributed by atoms with van der Waals surface area (Å²) >= 11 is 0. The SMILES string of the molecule is CC(C)N(CC(F)(F)F)c1nc(N)c(F)cc1F. The predicted molar refractivity (Wildman–Crippen MR) is 57.1 cm³/mol. The summed E-state index contributed by atoms with van der Waals surface area (Å²) in [6.45, 7) is 1.48. The van der Waals surface area contributed by atoms with Crippen LogP contribution in [0.3, 0.4) is 0 Å². The zero-order valence-corrected chi connectivity index (χ0v) is 9.72. The first-order valence-corrected chi connectivity index (χ1v) is 5.06. The molecule has 0 atom stereocenters. The molecule has 102 valence electrons. The molecule has 0 unspecified atom stereocenters. The van der Waals surface area contributed by atoms with Gasteiger partial charge < -0.3 is 10.6 Å². The van der Waals surface area contributed by atoms with Crippen LogP contribution >= 0.6 is 0 Å². The van der Waals surface area contributed by atoms with E-state index in [4.69, 9.17) is 5.73 Å². The Morgan fingerprint density at radius 2 is 1.83 bits per heavy atom. The summed E-state index contributed by atoms with van der Waals surface area (Å²) in [5, 5.41) is 0. The van der Waals surface area contributed by atoms with Crippen molar-refractivity contribution in [2.24, 2.45) is 0 Å². The third-order valence-corrected chi connectivity index (χ3v) is 2.18. The van der Waals surface area contributed by atoms with Gasteiger partial charge in [0.25, 0.3) is 0 Å². The van der Waals surface area contributed by atoms with Crippen LogP contribution in [0.15, 0.2) is 6.07 Å². The van der Waals surface area contributed by atoms with Gasteiger partial charge in [-0.25, -0.2) is 13.8 Å². The van der Waals surface area contributed by atoms with Crippen molar-refractivity contribution < 1.29 is 22.0 Å². The summed E-state index contributed by atoms with van der Waals surface area (Å²) in [5.74, 6) is -3.54. The largest absolute Gasteiger partial charge is 0.405 e. The van der Waals surface area contributed by atoms with Crippen molar-refractivity contribution in [1.29, 1.82) is 0 Å². The fourth-order valence-corrected chi connectivity index (χ4v) is 1.37. The van der Waals surface area contributed by atoms with E-state index < -0.39 is 42.0 Å². The summed E-state index contributed by atoms with van der Waals surface area (Å²) in [4.78, 5) is 4.00. The standard InChI is InChI=1S/C10H12F5N3/c1-5(2)18(4-10(13,14)15)9-7(12)3-6(11)8(16)17-9/h3,5H,4H2,1-2H3,(H2,16,17). The minimum atomic E-state index is -4.53. The molecule has 1 heterocycles. The molecule has 2 N–H and O–H groups in total. The summed E-state index contributed by atoms with van der Waals surface area (Å²) in [7, 11) is 0. The average Bonchev–Trinajstić information content (AvgIpc) is 2.19. The van der Waals surface area contributed by atoms with Crippen molar-refractivity contribution in [3.8, 4) is 0 Å².